The molecule has 0 aliphatic rings. The normalized spacial score (nSPS) is 7.00. The van der Waals surface area contributed by atoms with Crippen LogP contribution >= 0.6 is 0 Å². The van der Waals surface area contributed by atoms with Crippen molar-refractivity contribution in [3.05, 3.63) is 30.6 Å². The third-order valence-electron chi connectivity index (χ3n) is 1.07. The first kappa shape index (κ1) is 13.7. The first-order valence-corrected chi connectivity index (χ1v) is 4.76. The Balaban J connectivity index is 0. The van der Waals surface area contributed by atoms with Crippen LogP contribution in [0.3, 0.4) is 0 Å². The molecule has 0 N–H and O–H groups in total. The summed E-state index contributed by atoms with van der Waals surface area (Å²) in [5.74, 6) is 0. The van der Waals surface area contributed by atoms with E-state index in [1.807, 2.05) is 32.0 Å². The van der Waals surface area contributed by atoms with E-state index in [0.717, 1.165) is 0 Å². The molecule has 1 nitrogen and oxygen atoms in total. The van der Waals surface area contributed by atoms with Crippen molar-refractivity contribution in [2.45, 2.75) is 40.5 Å². The lowest BCUT2D eigenvalue weighted by atomic mass is 10.4. The summed E-state index contributed by atoms with van der Waals surface area (Å²) >= 11 is 0. The van der Waals surface area contributed by atoms with Gasteiger partial charge in [-0.05, 0) is 12.1 Å². The molecule has 0 aromatic carbocycles. The molecule has 0 saturated carbocycles. The van der Waals surface area contributed by atoms with Crippen molar-refractivity contribution in [2.75, 3.05) is 0 Å². The van der Waals surface area contributed by atoms with Gasteiger partial charge in [0.05, 0.1) is 0 Å². The lowest BCUT2D eigenvalue weighted by Gasteiger charge is -1.70. The van der Waals surface area contributed by atoms with E-state index < -0.39 is 0 Å². The Morgan fingerprint density at radius 2 is 1.25 bits per heavy atom. The number of rotatable bonds is 1. The van der Waals surface area contributed by atoms with Crippen LogP contribution < -0.4 is 0 Å². The smallest absolute Gasteiger partial charge is 0.0267 e. The number of nitrogens with zero attached hydrogens (tertiary/aromatic N) is 1. The first-order chi connectivity index (χ1) is 5.91. The van der Waals surface area contributed by atoms with Gasteiger partial charge in [-0.3, -0.25) is 4.98 Å². The molecular formula is C11H21N. The molecule has 0 amide bonds. The van der Waals surface area contributed by atoms with E-state index in [0.29, 0.717) is 0 Å². The molecule has 1 rings (SSSR count). The average Bonchev–Trinajstić information content (AvgIpc) is 2.24. The molecule has 0 spiro atoms. The number of aromatic nitrogens is 1. The van der Waals surface area contributed by atoms with Crippen molar-refractivity contribution in [2.24, 2.45) is 0 Å². The Labute approximate surface area is 76.9 Å². The second-order valence-corrected chi connectivity index (χ2v) is 2.02. The van der Waals surface area contributed by atoms with E-state index in [9.17, 15) is 0 Å². The molecular weight excluding hydrogens is 146 g/mol. The average molecular weight is 167 g/mol. The van der Waals surface area contributed by atoms with Gasteiger partial charge in [0, 0.05) is 12.4 Å². The van der Waals surface area contributed by atoms with Gasteiger partial charge in [-0.15, -0.1) is 0 Å². The summed E-state index contributed by atoms with van der Waals surface area (Å²) in [6.45, 7) is 8.36. The summed E-state index contributed by atoms with van der Waals surface area (Å²) < 4.78 is 0. The molecule has 0 aliphatic carbocycles. The Morgan fingerprint density at radius 1 is 0.833 bits per heavy atom. The largest absolute Gasteiger partial charge is 0.265 e. The second kappa shape index (κ2) is 16.6. The third kappa shape index (κ3) is 16.1. The highest BCUT2D eigenvalue weighted by Crippen LogP contribution is 1.76. The van der Waals surface area contributed by atoms with Crippen molar-refractivity contribution in [3.8, 4) is 0 Å². The van der Waals surface area contributed by atoms with Crippen LogP contribution in [0, 0.1) is 0 Å². The quantitative estimate of drug-likeness (QED) is 0.618. The molecule has 0 fully saturated rings. The van der Waals surface area contributed by atoms with Crippen LogP contribution in [-0.2, 0) is 0 Å². The molecule has 70 valence electrons. The Bertz CT molecular complexity index is 97.0. The van der Waals surface area contributed by atoms with Crippen molar-refractivity contribution in [1.82, 2.24) is 4.98 Å². The Kier molecular flexibility index (Phi) is 19.0. The maximum Gasteiger partial charge on any atom is 0.0267 e. The second-order valence-electron chi connectivity index (χ2n) is 2.02. The maximum atomic E-state index is 3.78. The molecule has 0 bridgehead atoms. The SMILES string of the molecule is CC.CCCC.c1ccncc1. The fraction of sp³-hybridized carbons (Fsp3) is 0.545. The summed E-state index contributed by atoms with van der Waals surface area (Å²) in [7, 11) is 0. The van der Waals surface area contributed by atoms with Crippen LogP contribution in [-0.4, -0.2) is 4.98 Å². The molecule has 12 heavy (non-hydrogen) atoms. The predicted octanol–water partition coefficient (Wildman–Crippen LogP) is 3.91. The minimum atomic E-state index is 1.32. The van der Waals surface area contributed by atoms with E-state index in [1.165, 1.54) is 12.8 Å². The molecule has 0 saturated heterocycles. The zero-order chi connectivity index (χ0) is 9.66. The Hall–Kier alpha value is -0.850. The van der Waals surface area contributed by atoms with Crippen molar-refractivity contribution >= 4 is 0 Å². The van der Waals surface area contributed by atoms with E-state index >= 15 is 0 Å². The maximum absolute atomic E-state index is 3.78. The summed E-state index contributed by atoms with van der Waals surface area (Å²) in [4.78, 5) is 3.78. The predicted molar refractivity (Wildman–Crippen MR) is 56.2 cm³/mol. The van der Waals surface area contributed by atoms with Gasteiger partial charge in [-0.2, -0.15) is 0 Å². The van der Waals surface area contributed by atoms with E-state index in [4.69, 9.17) is 0 Å². The molecule has 0 radical (unpaired) electrons. The standard InChI is InChI=1S/C5H5N.C4H10.C2H6/c1-2-4-6-5-3-1;1-3-4-2;1-2/h1-5H;3-4H2,1-2H3;1-2H3. The van der Waals surface area contributed by atoms with E-state index in [2.05, 4.69) is 18.8 Å². The van der Waals surface area contributed by atoms with Crippen LogP contribution in [0.5, 0.6) is 0 Å². The zero-order valence-corrected chi connectivity index (χ0v) is 8.75. The van der Waals surface area contributed by atoms with Gasteiger partial charge in [0.2, 0.25) is 0 Å². The minimum Gasteiger partial charge on any atom is -0.265 e. The molecule has 1 heteroatoms. The Morgan fingerprint density at radius 3 is 1.33 bits per heavy atom. The van der Waals surface area contributed by atoms with Crippen LogP contribution in [0.1, 0.15) is 40.5 Å². The molecule has 1 aromatic rings. The summed E-state index contributed by atoms with van der Waals surface area (Å²) in [5, 5.41) is 0. The molecule has 0 unspecified atom stereocenters. The van der Waals surface area contributed by atoms with Gasteiger partial charge in [0.25, 0.3) is 0 Å². The number of hydrogen-bond donors (Lipinski definition) is 0. The highest BCUT2D eigenvalue weighted by Gasteiger charge is 1.58. The van der Waals surface area contributed by atoms with Gasteiger partial charge in [0.1, 0.15) is 0 Å². The number of hydrogen-bond acceptors (Lipinski definition) is 1. The molecule has 1 heterocycles. The minimum absolute atomic E-state index is 1.32. The van der Waals surface area contributed by atoms with E-state index in [-0.39, 0.29) is 0 Å². The fourth-order valence-corrected chi connectivity index (χ4v) is 0.313. The monoisotopic (exact) mass is 167 g/mol. The van der Waals surface area contributed by atoms with Gasteiger partial charge >= 0.3 is 0 Å². The molecule has 1 aromatic heterocycles. The summed E-state index contributed by atoms with van der Waals surface area (Å²) in [5.41, 5.74) is 0. The van der Waals surface area contributed by atoms with Crippen LogP contribution in [0.15, 0.2) is 30.6 Å². The molecule has 0 aliphatic heterocycles. The summed E-state index contributed by atoms with van der Waals surface area (Å²) in [6, 6.07) is 5.72. The third-order valence-corrected chi connectivity index (χ3v) is 1.07. The first-order valence-electron chi connectivity index (χ1n) is 4.76. The summed E-state index contributed by atoms with van der Waals surface area (Å²) in [6.07, 6.45) is 6.14. The molecule has 0 atom stereocenters. The van der Waals surface area contributed by atoms with Crippen molar-refractivity contribution < 1.29 is 0 Å². The van der Waals surface area contributed by atoms with Crippen molar-refractivity contribution in [3.63, 3.8) is 0 Å². The number of pyridine rings is 1. The van der Waals surface area contributed by atoms with Crippen LogP contribution in [0.4, 0.5) is 0 Å². The zero-order valence-electron chi connectivity index (χ0n) is 8.75. The topological polar surface area (TPSA) is 12.9 Å². The van der Waals surface area contributed by atoms with E-state index in [1.54, 1.807) is 12.4 Å². The highest BCUT2D eigenvalue weighted by molar-refractivity contribution is 4.88. The highest BCUT2D eigenvalue weighted by atomic mass is 14.6. The van der Waals surface area contributed by atoms with Gasteiger partial charge in [0.15, 0.2) is 0 Å². The number of unbranched alkanes of at least 4 members (excludes halogenated alkanes) is 1. The lowest BCUT2D eigenvalue weighted by Crippen LogP contribution is -1.58. The fourth-order valence-electron chi connectivity index (χ4n) is 0.313. The van der Waals surface area contributed by atoms with Gasteiger partial charge in [-0.1, -0.05) is 46.6 Å². The van der Waals surface area contributed by atoms with Gasteiger partial charge in [-0.25, -0.2) is 0 Å². The van der Waals surface area contributed by atoms with Crippen molar-refractivity contribution in [1.29, 1.82) is 0 Å². The van der Waals surface area contributed by atoms with Crippen LogP contribution in [0.2, 0.25) is 0 Å². The van der Waals surface area contributed by atoms with Crippen LogP contribution in [0.25, 0.3) is 0 Å². The lowest BCUT2D eigenvalue weighted by molar-refractivity contribution is 0.886. The van der Waals surface area contributed by atoms with Gasteiger partial charge < -0.3 is 0 Å².